The molecule has 1 saturated heterocycles. The van der Waals surface area contributed by atoms with Crippen molar-refractivity contribution in [2.24, 2.45) is 0 Å². The molecular weight excluding hydrogens is 470 g/mol. The van der Waals surface area contributed by atoms with E-state index in [9.17, 15) is 4.79 Å². The number of morpholine rings is 1. The van der Waals surface area contributed by atoms with Crippen molar-refractivity contribution in [3.05, 3.63) is 83.4 Å². The Bertz CT molecular complexity index is 1330. The SMILES string of the molecule is Cc1cc(C)c2sc(N(CCCN3CCOCC3)C(=O)c3ccccc3Oc3ccccc3)nc2c1. The molecule has 6 nitrogen and oxygen atoms in total. The number of aryl methyl sites for hydroxylation is 2. The van der Waals surface area contributed by atoms with Crippen LogP contribution in [0.1, 0.15) is 27.9 Å². The zero-order valence-electron chi connectivity index (χ0n) is 20.8. The largest absolute Gasteiger partial charge is 0.457 e. The lowest BCUT2D eigenvalue weighted by atomic mass is 10.1. The normalized spacial score (nSPS) is 14.2. The first-order valence-electron chi connectivity index (χ1n) is 12.4. The maximum absolute atomic E-state index is 14.0. The quantitative estimate of drug-likeness (QED) is 0.293. The van der Waals surface area contributed by atoms with E-state index in [1.54, 1.807) is 11.3 Å². The molecule has 5 rings (SSSR count). The molecule has 1 fully saturated rings. The Balaban J connectivity index is 1.45. The second kappa shape index (κ2) is 11.2. The molecule has 0 aliphatic carbocycles. The summed E-state index contributed by atoms with van der Waals surface area (Å²) in [5, 5.41) is 0.722. The molecule has 7 heteroatoms. The van der Waals surface area contributed by atoms with Gasteiger partial charge in [-0.05, 0) is 61.7 Å². The highest BCUT2D eigenvalue weighted by atomic mass is 32.1. The molecule has 0 atom stereocenters. The van der Waals surface area contributed by atoms with Crippen molar-refractivity contribution in [3.63, 3.8) is 0 Å². The molecule has 0 unspecified atom stereocenters. The molecule has 2 heterocycles. The Hall–Kier alpha value is -3.26. The zero-order valence-corrected chi connectivity index (χ0v) is 21.6. The summed E-state index contributed by atoms with van der Waals surface area (Å²) in [5.74, 6) is 1.14. The van der Waals surface area contributed by atoms with E-state index in [4.69, 9.17) is 14.5 Å². The highest BCUT2D eigenvalue weighted by Crippen LogP contribution is 2.34. The summed E-state index contributed by atoms with van der Waals surface area (Å²) in [6, 6.07) is 21.3. The number of carbonyl (C=O) groups excluding carboxylic acids is 1. The lowest BCUT2D eigenvalue weighted by Crippen LogP contribution is -2.39. The Kier molecular flexibility index (Phi) is 7.60. The second-order valence-corrected chi connectivity index (χ2v) is 10.1. The number of hydrogen-bond acceptors (Lipinski definition) is 6. The van der Waals surface area contributed by atoms with Crippen molar-refractivity contribution >= 4 is 32.6 Å². The van der Waals surface area contributed by atoms with Crippen LogP contribution in [0.3, 0.4) is 0 Å². The number of fused-ring (bicyclic) bond motifs is 1. The van der Waals surface area contributed by atoms with Crippen LogP contribution in [0.15, 0.2) is 66.7 Å². The van der Waals surface area contributed by atoms with Crippen LogP contribution in [0.4, 0.5) is 5.13 Å². The smallest absolute Gasteiger partial charge is 0.263 e. The van der Waals surface area contributed by atoms with Gasteiger partial charge in [0.05, 0.1) is 29.0 Å². The number of amides is 1. The first-order chi connectivity index (χ1) is 17.6. The number of aromatic nitrogens is 1. The summed E-state index contributed by atoms with van der Waals surface area (Å²) in [6.07, 6.45) is 0.849. The number of para-hydroxylation sites is 2. The maximum Gasteiger partial charge on any atom is 0.263 e. The fraction of sp³-hybridized carbons (Fsp3) is 0.310. The van der Waals surface area contributed by atoms with Crippen LogP contribution in [-0.4, -0.2) is 55.2 Å². The van der Waals surface area contributed by atoms with Gasteiger partial charge in [-0.2, -0.15) is 0 Å². The Morgan fingerprint density at radius 2 is 1.81 bits per heavy atom. The first kappa shape index (κ1) is 24.4. The highest BCUT2D eigenvalue weighted by molar-refractivity contribution is 7.22. The molecule has 0 radical (unpaired) electrons. The Morgan fingerprint density at radius 1 is 1.06 bits per heavy atom. The van der Waals surface area contributed by atoms with Gasteiger partial charge in [0.2, 0.25) is 0 Å². The van der Waals surface area contributed by atoms with Crippen LogP contribution in [-0.2, 0) is 4.74 Å². The molecule has 186 valence electrons. The van der Waals surface area contributed by atoms with Gasteiger partial charge in [0.25, 0.3) is 5.91 Å². The molecule has 4 aromatic rings. The van der Waals surface area contributed by atoms with Crippen molar-refractivity contribution in [3.8, 4) is 11.5 Å². The van der Waals surface area contributed by atoms with Gasteiger partial charge in [0.15, 0.2) is 5.13 Å². The van der Waals surface area contributed by atoms with Crippen molar-refractivity contribution in [2.45, 2.75) is 20.3 Å². The lowest BCUT2D eigenvalue weighted by Gasteiger charge is -2.28. The summed E-state index contributed by atoms with van der Waals surface area (Å²) in [6.45, 7) is 9.07. The number of benzene rings is 3. The number of hydrogen-bond donors (Lipinski definition) is 0. The molecule has 36 heavy (non-hydrogen) atoms. The van der Waals surface area contributed by atoms with Crippen LogP contribution in [0.2, 0.25) is 0 Å². The average Bonchev–Trinajstić information content (AvgIpc) is 3.32. The second-order valence-electron chi connectivity index (χ2n) is 9.10. The van der Waals surface area contributed by atoms with E-state index in [1.165, 1.54) is 11.1 Å². The van der Waals surface area contributed by atoms with E-state index in [1.807, 2.05) is 59.5 Å². The van der Waals surface area contributed by atoms with Gasteiger partial charge < -0.3 is 9.47 Å². The minimum atomic E-state index is -0.100. The molecule has 3 aromatic carbocycles. The summed E-state index contributed by atoms with van der Waals surface area (Å²) in [5.41, 5.74) is 3.82. The third-order valence-corrected chi connectivity index (χ3v) is 7.56. The number of thiazole rings is 1. The highest BCUT2D eigenvalue weighted by Gasteiger charge is 2.25. The topological polar surface area (TPSA) is 54.9 Å². The predicted octanol–water partition coefficient (Wildman–Crippen LogP) is 6.07. The van der Waals surface area contributed by atoms with E-state index in [-0.39, 0.29) is 5.91 Å². The molecule has 0 saturated carbocycles. The minimum absolute atomic E-state index is 0.100. The number of carbonyl (C=O) groups is 1. The number of ether oxygens (including phenoxy) is 2. The summed E-state index contributed by atoms with van der Waals surface area (Å²) >= 11 is 1.58. The third-order valence-electron chi connectivity index (χ3n) is 6.33. The van der Waals surface area contributed by atoms with E-state index in [2.05, 4.69) is 30.9 Å². The monoisotopic (exact) mass is 501 g/mol. The van der Waals surface area contributed by atoms with Crippen LogP contribution >= 0.6 is 11.3 Å². The third kappa shape index (κ3) is 5.59. The molecule has 1 amide bonds. The predicted molar refractivity (Wildman–Crippen MR) is 146 cm³/mol. The Labute approximate surface area is 216 Å². The van der Waals surface area contributed by atoms with Crippen molar-refractivity contribution in [1.29, 1.82) is 0 Å². The van der Waals surface area contributed by atoms with Gasteiger partial charge in [-0.15, -0.1) is 0 Å². The summed E-state index contributed by atoms with van der Waals surface area (Å²) < 4.78 is 12.7. The first-order valence-corrected chi connectivity index (χ1v) is 13.2. The molecule has 1 aliphatic rings. The molecule has 1 aromatic heterocycles. The zero-order chi connectivity index (χ0) is 24.9. The van der Waals surface area contributed by atoms with Gasteiger partial charge >= 0.3 is 0 Å². The van der Waals surface area contributed by atoms with E-state index < -0.39 is 0 Å². The van der Waals surface area contributed by atoms with E-state index >= 15 is 0 Å². The fourth-order valence-corrected chi connectivity index (χ4v) is 5.57. The molecule has 0 spiro atoms. The fourth-order valence-electron chi connectivity index (χ4n) is 4.53. The summed E-state index contributed by atoms with van der Waals surface area (Å²) in [4.78, 5) is 23.2. The number of anilines is 1. The molecule has 0 N–H and O–H groups in total. The van der Waals surface area contributed by atoms with Gasteiger partial charge in [-0.1, -0.05) is 47.7 Å². The van der Waals surface area contributed by atoms with Gasteiger partial charge in [0.1, 0.15) is 11.5 Å². The summed E-state index contributed by atoms with van der Waals surface area (Å²) in [7, 11) is 0. The van der Waals surface area contributed by atoms with Crippen LogP contribution in [0.5, 0.6) is 11.5 Å². The molecule has 1 aliphatic heterocycles. The van der Waals surface area contributed by atoms with E-state index in [0.717, 1.165) is 54.6 Å². The van der Waals surface area contributed by atoms with Crippen LogP contribution < -0.4 is 9.64 Å². The standard InChI is InChI=1S/C29H31N3O3S/c1-21-19-22(2)27-25(20-21)30-29(36-27)32(14-8-13-31-15-17-34-18-16-31)28(33)24-11-6-7-12-26(24)35-23-9-4-3-5-10-23/h3-7,9-12,19-20H,8,13-18H2,1-2H3. The van der Waals surface area contributed by atoms with Crippen LogP contribution in [0.25, 0.3) is 10.2 Å². The average molecular weight is 502 g/mol. The van der Waals surface area contributed by atoms with Gasteiger partial charge in [0, 0.05) is 26.2 Å². The lowest BCUT2D eigenvalue weighted by molar-refractivity contribution is 0.0376. The van der Waals surface area contributed by atoms with E-state index in [0.29, 0.717) is 23.6 Å². The Morgan fingerprint density at radius 3 is 2.61 bits per heavy atom. The van der Waals surface area contributed by atoms with Gasteiger partial charge in [-0.3, -0.25) is 14.6 Å². The minimum Gasteiger partial charge on any atom is -0.457 e. The van der Waals surface area contributed by atoms with Crippen LogP contribution in [0, 0.1) is 13.8 Å². The van der Waals surface area contributed by atoms with Crippen molar-refractivity contribution in [2.75, 3.05) is 44.3 Å². The number of rotatable bonds is 8. The molecular formula is C29H31N3O3S. The maximum atomic E-state index is 14.0. The van der Waals surface area contributed by atoms with Crippen molar-refractivity contribution < 1.29 is 14.3 Å². The molecule has 0 bridgehead atoms. The van der Waals surface area contributed by atoms with Gasteiger partial charge in [-0.25, -0.2) is 4.98 Å². The number of nitrogens with zero attached hydrogens (tertiary/aromatic N) is 3. The van der Waals surface area contributed by atoms with Crippen molar-refractivity contribution in [1.82, 2.24) is 9.88 Å².